The molecule has 0 aliphatic rings. The van der Waals surface area contributed by atoms with Gasteiger partial charge < -0.3 is 10.1 Å². The van der Waals surface area contributed by atoms with Crippen molar-refractivity contribution in [2.45, 2.75) is 39.5 Å². The molecule has 0 fully saturated rings. The van der Waals surface area contributed by atoms with Gasteiger partial charge in [0.25, 0.3) is 5.69 Å². The second kappa shape index (κ2) is 12.1. The molecular weight excluding hydrogens is 464 g/mol. The van der Waals surface area contributed by atoms with Crippen LogP contribution in [0.25, 0.3) is 17.2 Å². The molecule has 3 aromatic rings. The Hall–Kier alpha value is -3.78. The summed E-state index contributed by atoms with van der Waals surface area (Å²) in [4.78, 5) is 36.0. The summed E-state index contributed by atoms with van der Waals surface area (Å²) >= 11 is 1.25. The highest BCUT2D eigenvalue weighted by Gasteiger charge is 2.22. The highest BCUT2D eigenvalue weighted by atomic mass is 32.1. The molecule has 35 heavy (non-hydrogen) atoms. The predicted octanol–water partition coefficient (Wildman–Crippen LogP) is 7.06. The van der Waals surface area contributed by atoms with Crippen LogP contribution in [0, 0.1) is 10.1 Å². The van der Waals surface area contributed by atoms with Gasteiger partial charge in [-0.2, -0.15) is 0 Å². The first-order chi connectivity index (χ1) is 16.8. The maximum atomic E-state index is 12.9. The van der Waals surface area contributed by atoms with E-state index in [2.05, 4.69) is 31.3 Å². The Morgan fingerprint density at radius 1 is 1.17 bits per heavy atom. The van der Waals surface area contributed by atoms with Crippen LogP contribution in [-0.2, 0) is 9.53 Å². The van der Waals surface area contributed by atoms with Crippen LogP contribution in [0.3, 0.4) is 0 Å². The Labute approximate surface area is 208 Å². The first-order valence-corrected chi connectivity index (χ1v) is 12.3. The van der Waals surface area contributed by atoms with E-state index in [-0.39, 0.29) is 12.3 Å². The van der Waals surface area contributed by atoms with Crippen LogP contribution in [0.2, 0.25) is 0 Å². The maximum Gasteiger partial charge on any atom is 0.341 e. The van der Waals surface area contributed by atoms with Gasteiger partial charge >= 0.3 is 5.97 Å². The summed E-state index contributed by atoms with van der Waals surface area (Å²) in [5, 5.41) is 15.9. The SMILES string of the molecule is CCCOC(=O)c1c(-c2ccc([C@@H](C)CC)cc2)csc1NC(=O)/C=C\c1cccc([N+](=O)[O-])c1. The molecule has 1 amide bonds. The summed E-state index contributed by atoms with van der Waals surface area (Å²) in [7, 11) is 0. The zero-order valence-corrected chi connectivity index (χ0v) is 20.8. The minimum atomic E-state index is -0.493. The normalized spacial score (nSPS) is 11.9. The van der Waals surface area contributed by atoms with Crippen LogP contribution in [0.4, 0.5) is 10.7 Å². The number of esters is 1. The summed E-state index contributed by atoms with van der Waals surface area (Å²) in [6.45, 7) is 6.50. The molecule has 1 N–H and O–H groups in total. The van der Waals surface area contributed by atoms with Crippen molar-refractivity contribution >= 4 is 40.0 Å². The molecule has 8 heteroatoms. The van der Waals surface area contributed by atoms with Gasteiger partial charge in [0.2, 0.25) is 5.91 Å². The predicted molar refractivity (Wildman–Crippen MR) is 140 cm³/mol. The fourth-order valence-electron chi connectivity index (χ4n) is 3.43. The summed E-state index contributed by atoms with van der Waals surface area (Å²) in [6.07, 6.45) is 4.48. The number of carbonyl (C=O) groups excluding carboxylic acids is 2. The number of nitro benzene ring substituents is 1. The molecule has 0 saturated carbocycles. The minimum absolute atomic E-state index is 0.0595. The molecule has 1 atom stereocenters. The van der Waals surface area contributed by atoms with Crippen molar-refractivity contribution in [2.24, 2.45) is 0 Å². The molecule has 3 rings (SSSR count). The lowest BCUT2D eigenvalue weighted by Crippen LogP contribution is -2.13. The van der Waals surface area contributed by atoms with Crippen LogP contribution in [-0.4, -0.2) is 23.4 Å². The van der Waals surface area contributed by atoms with Gasteiger partial charge in [-0.05, 0) is 41.5 Å². The van der Waals surface area contributed by atoms with E-state index in [9.17, 15) is 19.7 Å². The van der Waals surface area contributed by atoms with Crippen molar-refractivity contribution in [1.82, 2.24) is 0 Å². The second-order valence-electron chi connectivity index (χ2n) is 8.10. The third-order valence-corrected chi connectivity index (χ3v) is 6.48. The number of amides is 1. The van der Waals surface area contributed by atoms with Gasteiger partial charge in [-0.15, -0.1) is 11.3 Å². The largest absolute Gasteiger partial charge is 0.462 e. The zero-order chi connectivity index (χ0) is 25.4. The number of nitro groups is 1. The first-order valence-electron chi connectivity index (χ1n) is 11.5. The fraction of sp³-hybridized carbons (Fsp3) is 0.259. The summed E-state index contributed by atoms with van der Waals surface area (Å²) in [6, 6.07) is 14.1. The lowest BCUT2D eigenvalue weighted by Gasteiger charge is -2.11. The van der Waals surface area contributed by atoms with Gasteiger partial charge in [0.1, 0.15) is 10.6 Å². The maximum absolute atomic E-state index is 12.9. The number of hydrogen-bond donors (Lipinski definition) is 1. The van der Waals surface area contributed by atoms with Crippen LogP contribution in [0.5, 0.6) is 0 Å². The van der Waals surface area contributed by atoms with Crippen molar-refractivity contribution in [3.63, 3.8) is 0 Å². The minimum Gasteiger partial charge on any atom is -0.462 e. The van der Waals surface area contributed by atoms with Crippen LogP contribution in [0.1, 0.15) is 61.0 Å². The number of nitrogens with zero attached hydrogens (tertiary/aromatic N) is 1. The molecule has 0 spiro atoms. The molecule has 0 aliphatic heterocycles. The number of rotatable bonds is 10. The van der Waals surface area contributed by atoms with E-state index in [1.165, 1.54) is 41.2 Å². The number of hydrogen-bond acceptors (Lipinski definition) is 6. The number of nitrogens with one attached hydrogen (secondary N) is 1. The molecule has 0 unspecified atom stereocenters. The molecule has 0 saturated heterocycles. The Balaban J connectivity index is 1.86. The number of benzene rings is 2. The molecule has 182 valence electrons. The number of thiophene rings is 1. The number of anilines is 1. The highest BCUT2D eigenvalue weighted by Crippen LogP contribution is 2.37. The lowest BCUT2D eigenvalue weighted by molar-refractivity contribution is -0.384. The third kappa shape index (κ3) is 6.64. The Morgan fingerprint density at radius 3 is 2.57 bits per heavy atom. The Kier molecular flexibility index (Phi) is 8.92. The molecule has 2 aromatic carbocycles. The first kappa shape index (κ1) is 25.8. The summed E-state index contributed by atoms with van der Waals surface area (Å²) in [5.41, 5.74) is 3.56. The molecule has 1 aromatic heterocycles. The van der Waals surface area contributed by atoms with E-state index >= 15 is 0 Å². The van der Waals surface area contributed by atoms with E-state index in [4.69, 9.17) is 4.74 Å². The summed E-state index contributed by atoms with van der Waals surface area (Å²) in [5.74, 6) is -0.512. The highest BCUT2D eigenvalue weighted by molar-refractivity contribution is 7.15. The van der Waals surface area contributed by atoms with Crippen molar-refractivity contribution in [3.05, 3.63) is 86.8 Å². The van der Waals surface area contributed by atoms with Gasteiger partial charge in [0, 0.05) is 29.2 Å². The van der Waals surface area contributed by atoms with Crippen molar-refractivity contribution in [3.8, 4) is 11.1 Å². The topological polar surface area (TPSA) is 98.5 Å². The van der Waals surface area contributed by atoms with E-state index in [0.717, 1.165) is 12.0 Å². The lowest BCUT2D eigenvalue weighted by atomic mass is 9.95. The molecule has 0 bridgehead atoms. The number of carbonyl (C=O) groups is 2. The van der Waals surface area contributed by atoms with Gasteiger partial charge in [-0.25, -0.2) is 4.79 Å². The number of ether oxygens (including phenoxy) is 1. The molecule has 0 radical (unpaired) electrons. The average molecular weight is 493 g/mol. The van der Waals surface area contributed by atoms with Gasteiger partial charge in [0.05, 0.1) is 11.5 Å². The standard InChI is InChI=1S/C27H28N2O5S/c1-4-15-34-27(31)25-23(21-12-10-20(11-13-21)18(3)5-2)17-35-26(25)28-24(30)14-9-19-7-6-8-22(16-19)29(32)33/h6-14,16-18H,4-5,15H2,1-3H3,(H,28,30)/b14-9-/t18-/m0/s1. The molecular formula is C27H28N2O5S. The van der Waals surface area contributed by atoms with Crippen molar-refractivity contribution in [2.75, 3.05) is 11.9 Å². The zero-order valence-electron chi connectivity index (χ0n) is 19.9. The van der Waals surface area contributed by atoms with Crippen molar-refractivity contribution in [1.29, 1.82) is 0 Å². The smallest absolute Gasteiger partial charge is 0.341 e. The Bertz CT molecular complexity index is 1230. The molecule has 1 heterocycles. The summed E-state index contributed by atoms with van der Waals surface area (Å²) < 4.78 is 5.40. The van der Waals surface area contributed by atoms with Crippen molar-refractivity contribution < 1.29 is 19.2 Å². The van der Waals surface area contributed by atoms with Crippen LogP contribution in [0.15, 0.2) is 60.0 Å². The quantitative estimate of drug-likeness (QED) is 0.141. The van der Waals surface area contributed by atoms with Gasteiger partial charge in [-0.3, -0.25) is 14.9 Å². The molecule has 0 aliphatic carbocycles. The van der Waals surface area contributed by atoms with Crippen LogP contribution >= 0.6 is 11.3 Å². The second-order valence-corrected chi connectivity index (χ2v) is 8.98. The Morgan fingerprint density at radius 2 is 1.91 bits per heavy atom. The fourth-order valence-corrected chi connectivity index (χ4v) is 4.39. The van der Waals surface area contributed by atoms with Crippen LogP contribution < -0.4 is 5.32 Å². The average Bonchev–Trinajstić information content (AvgIpc) is 3.29. The van der Waals surface area contributed by atoms with E-state index in [1.54, 1.807) is 12.1 Å². The third-order valence-electron chi connectivity index (χ3n) is 5.58. The van der Waals surface area contributed by atoms with Gasteiger partial charge in [0.15, 0.2) is 0 Å². The van der Waals surface area contributed by atoms with E-state index < -0.39 is 16.8 Å². The monoisotopic (exact) mass is 492 g/mol. The van der Waals surface area contributed by atoms with E-state index in [1.807, 2.05) is 24.4 Å². The van der Waals surface area contributed by atoms with E-state index in [0.29, 0.717) is 34.0 Å². The molecule has 7 nitrogen and oxygen atoms in total. The number of non-ortho nitro benzene ring substituents is 1. The van der Waals surface area contributed by atoms with Gasteiger partial charge in [-0.1, -0.05) is 57.2 Å².